The molecule has 15 heavy (non-hydrogen) atoms. The van der Waals surface area contributed by atoms with E-state index in [1.165, 1.54) is 19.3 Å². The fourth-order valence-corrected chi connectivity index (χ4v) is 2.13. The van der Waals surface area contributed by atoms with Crippen molar-refractivity contribution in [3.05, 3.63) is 21.7 Å². The molecule has 2 nitrogen and oxygen atoms in total. The lowest BCUT2D eigenvalue weighted by molar-refractivity contribution is 0.664. The van der Waals surface area contributed by atoms with Crippen molar-refractivity contribution in [1.29, 1.82) is 0 Å². The van der Waals surface area contributed by atoms with Gasteiger partial charge in [0, 0.05) is 5.56 Å². The molecule has 4 heteroatoms. The Morgan fingerprint density at radius 1 is 1.00 bits per heavy atom. The first kappa shape index (κ1) is 12.7. The van der Waals surface area contributed by atoms with Gasteiger partial charge in [0.2, 0.25) is 0 Å². The van der Waals surface area contributed by atoms with E-state index in [0.717, 1.165) is 18.4 Å². The number of halogens is 2. The first-order chi connectivity index (χ1) is 7.15. The first-order valence-corrected chi connectivity index (χ1v) is 6.09. The molecule has 0 radical (unpaired) electrons. The standard InChI is InChI=1S/C11H16Cl2N2/c1-3-4-5-6-7-9-10(12)14-8(2)15-11(9)13/h3-7H2,1-2H3. The minimum atomic E-state index is 0.504. The fraction of sp³-hybridized carbons (Fsp3) is 0.636. The van der Waals surface area contributed by atoms with Gasteiger partial charge >= 0.3 is 0 Å². The predicted octanol–water partition coefficient (Wildman–Crippen LogP) is 4.21. The highest BCUT2D eigenvalue weighted by atomic mass is 35.5. The second-order valence-corrected chi connectivity index (χ2v) is 4.36. The molecule has 0 N–H and O–H groups in total. The van der Waals surface area contributed by atoms with Gasteiger partial charge in [0.25, 0.3) is 0 Å². The molecule has 0 aliphatic carbocycles. The summed E-state index contributed by atoms with van der Waals surface area (Å²) in [6, 6.07) is 0. The minimum Gasteiger partial charge on any atom is -0.221 e. The van der Waals surface area contributed by atoms with Crippen molar-refractivity contribution in [2.45, 2.75) is 46.0 Å². The van der Waals surface area contributed by atoms with Crippen molar-refractivity contribution in [2.75, 3.05) is 0 Å². The summed E-state index contributed by atoms with van der Waals surface area (Å²) in [4.78, 5) is 8.21. The van der Waals surface area contributed by atoms with E-state index in [0.29, 0.717) is 16.1 Å². The van der Waals surface area contributed by atoms with E-state index in [9.17, 15) is 0 Å². The summed E-state index contributed by atoms with van der Waals surface area (Å²) in [5.74, 6) is 0.627. The van der Waals surface area contributed by atoms with Crippen molar-refractivity contribution in [3.8, 4) is 0 Å². The summed E-state index contributed by atoms with van der Waals surface area (Å²) >= 11 is 12.0. The summed E-state index contributed by atoms with van der Waals surface area (Å²) in [5, 5.41) is 1.01. The molecule has 0 fully saturated rings. The van der Waals surface area contributed by atoms with Crippen molar-refractivity contribution < 1.29 is 0 Å². The number of rotatable bonds is 5. The molecule has 84 valence electrons. The highest BCUT2D eigenvalue weighted by Gasteiger charge is 2.09. The molecule has 0 atom stereocenters. The molecule has 1 heterocycles. The third-order valence-electron chi connectivity index (χ3n) is 2.30. The van der Waals surface area contributed by atoms with Crippen molar-refractivity contribution >= 4 is 23.2 Å². The quantitative estimate of drug-likeness (QED) is 0.575. The number of aromatic nitrogens is 2. The first-order valence-electron chi connectivity index (χ1n) is 5.33. The van der Waals surface area contributed by atoms with Gasteiger partial charge in [-0.05, 0) is 19.8 Å². The Balaban J connectivity index is 2.60. The maximum absolute atomic E-state index is 6.01. The second-order valence-electron chi connectivity index (χ2n) is 3.64. The predicted molar refractivity (Wildman–Crippen MR) is 64.6 cm³/mol. The van der Waals surface area contributed by atoms with Crippen molar-refractivity contribution in [3.63, 3.8) is 0 Å². The summed E-state index contributed by atoms with van der Waals surface area (Å²) in [6.45, 7) is 3.98. The van der Waals surface area contributed by atoms with Gasteiger partial charge in [-0.3, -0.25) is 0 Å². The Kier molecular flexibility index (Phi) is 5.34. The van der Waals surface area contributed by atoms with E-state index in [1.807, 2.05) is 0 Å². The molecular weight excluding hydrogens is 231 g/mol. The average Bonchev–Trinajstić information content (AvgIpc) is 2.15. The Morgan fingerprint density at radius 2 is 1.60 bits per heavy atom. The number of aryl methyl sites for hydroxylation is 1. The summed E-state index contributed by atoms with van der Waals surface area (Å²) in [5.41, 5.74) is 0.889. The van der Waals surface area contributed by atoms with Crippen LogP contribution < -0.4 is 0 Å². The molecule has 0 spiro atoms. The molecule has 0 saturated heterocycles. The largest absolute Gasteiger partial charge is 0.221 e. The van der Waals surface area contributed by atoms with Gasteiger partial charge in [0.15, 0.2) is 0 Å². The third kappa shape index (κ3) is 3.96. The number of hydrogen-bond acceptors (Lipinski definition) is 2. The summed E-state index contributed by atoms with van der Waals surface area (Å²) in [7, 11) is 0. The lowest BCUT2D eigenvalue weighted by atomic mass is 10.1. The number of hydrogen-bond donors (Lipinski definition) is 0. The van der Waals surface area contributed by atoms with E-state index in [1.54, 1.807) is 6.92 Å². The number of nitrogens with zero attached hydrogens (tertiary/aromatic N) is 2. The zero-order valence-electron chi connectivity index (χ0n) is 9.19. The number of unbranched alkanes of at least 4 members (excludes halogenated alkanes) is 3. The van der Waals surface area contributed by atoms with Gasteiger partial charge < -0.3 is 0 Å². The second kappa shape index (κ2) is 6.29. The van der Waals surface area contributed by atoms with Crippen LogP contribution in [-0.4, -0.2) is 9.97 Å². The molecule has 0 aromatic carbocycles. The fourth-order valence-electron chi connectivity index (χ4n) is 1.46. The highest BCUT2D eigenvalue weighted by Crippen LogP contribution is 2.23. The van der Waals surface area contributed by atoms with E-state index < -0.39 is 0 Å². The van der Waals surface area contributed by atoms with E-state index in [4.69, 9.17) is 23.2 Å². The van der Waals surface area contributed by atoms with Crippen LogP contribution in [0, 0.1) is 6.92 Å². The van der Waals surface area contributed by atoms with Crippen molar-refractivity contribution in [1.82, 2.24) is 9.97 Å². The Bertz CT molecular complexity index is 303. The normalized spacial score (nSPS) is 10.7. The van der Waals surface area contributed by atoms with Crippen LogP contribution in [0.2, 0.25) is 10.3 Å². The molecule has 0 aliphatic rings. The van der Waals surface area contributed by atoms with Crippen LogP contribution in [-0.2, 0) is 6.42 Å². The van der Waals surface area contributed by atoms with Gasteiger partial charge in [-0.2, -0.15) is 0 Å². The van der Waals surface area contributed by atoms with Crippen LogP contribution in [0.1, 0.15) is 44.0 Å². The Morgan fingerprint density at radius 3 is 2.13 bits per heavy atom. The van der Waals surface area contributed by atoms with Crippen LogP contribution in [0.15, 0.2) is 0 Å². The van der Waals surface area contributed by atoms with Crippen LogP contribution in [0.4, 0.5) is 0 Å². The summed E-state index contributed by atoms with van der Waals surface area (Å²) in [6.07, 6.45) is 5.66. The maximum Gasteiger partial charge on any atom is 0.137 e. The molecule has 0 saturated carbocycles. The van der Waals surface area contributed by atoms with E-state index in [2.05, 4.69) is 16.9 Å². The molecular formula is C11H16Cl2N2. The minimum absolute atomic E-state index is 0.504. The molecule has 0 amide bonds. The lowest BCUT2D eigenvalue weighted by Crippen LogP contribution is -1.97. The monoisotopic (exact) mass is 246 g/mol. The maximum atomic E-state index is 6.01. The topological polar surface area (TPSA) is 25.8 Å². The van der Waals surface area contributed by atoms with Crippen LogP contribution in [0.25, 0.3) is 0 Å². The molecule has 0 unspecified atom stereocenters. The smallest absolute Gasteiger partial charge is 0.137 e. The molecule has 0 aliphatic heterocycles. The molecule has 0 bridgehead atoms. The van der Waals surface area contributed by atoms with Gasteiger partial charge in [-0.25, -0.2) is 9.97 Å². The van der Waals surface area contributed by atoms with E-state index >= 15 is 0 Å². The highest BCUT2D eigenvalue weighted by molar-refractivity contribution is 6.34. The average molecular weight is 247 g/mol. The SMILES string of the molecule is CCCCCCc1c(Cl)nc(C)nc1Cl. The zero-order chi connectivity index (χ0) is 11.3. The third-order valence-corrected chi connectivity index (χ3v) is 2.92. The van der Waals surface area contributed by atoms with Crippen LogP contribution in [0.5, 0.6) is 0 Å². The summed E-state index contributed by atoms with van der Waals surface area (Å²) < 4.78 is 0. The Labute approximate surface area is 101 Å². The van der Waals surface area contributed by atoms with Crippen molar-refractivity contribution in [2.24, 2.45) is 0 Å². The van der Waals surface area contributed by atoms with Gasteiger partial charge in [-0.15, -0.1) is 0 Å². The van der Waals surface area contributed by atoms with Crippen LogP contribution >= 0.6 is 23.2 Å². The van der Waals surface area contributed by atoms with Crippen LogP contribution in [0.3, 0.4) is 0 Å². The van der Waals surface area contributed by atoms with Gasteiger partial charge in [-0.1, -0.05) is 49.4 Å². The Hall–Kier alpha value is -0.340. The van der Waals surface area contributed by atoms with E-state index in [-0.39, 0.29) is 0 Å². The molecule has 1 rings (SSSR count). The molecule has 1 aromatic heterocycles. The molecule has 1 aromatic rings. The van der Waals surface area contributed by atoms with Gasteiger partial charge in [0.1, 0.15) is 16.1 Å². The zero-order valence-corrected chi connectivity index (χ0v) is 10.7. The van der Waals surface area contributed by atoms with Gasteiger partial charge in [0.05, 0.1) is 0 Å². The lowest BCUT2D eigenvalue weighted by Gasteiger charge is -2.06.